The summed E-state index contributed by atoms with van der Waals surface area (Å²) in [5.41, 5.74) is 0.850. The Bertz CT molecular complexity index is 1700. The van der Waals surface area contributed by atoms with Crippen molar-refractivity contribution in [3.05, 3.63) is 78.4 Å². The molecule has 3 aromatic rings. The van der Waals surface area contributed by atoms with E-state index in [0.29, 0.717) is 11.8 Å². The Hall–Kier alpha value is -4.53. The number of sulfonamides is 1. The highest BCUT2D eigenvalue weighted by Crippen LogP contribution is 2.26. The molecule has 2 N–H and O–H groups in total. The number of hydrazine groups is 2. The largest absolute Gasteiger partial charge is 0.433 e. The number of hydrogen-bond acceptors (Lipinski definition) is 8. The molecule has 3 fully saturated rings. The summed E-state index contributed by atoms with van der Waals surface area (Å²) in [5, 5.41) is 7.36. The lowest BCUT2D eigenvalue weighted by atomic mass is 10.1. The van der Waals surface area contributed by atoms with Crippen LogP contribution >= 0.6 is 0 Å². The molecule has 0 bridgehead atoms. The van der Waals surface area contributed by atoms with Gasteiger partial charge in [-0.25, -0.2) is 28.2 Å². The minimum absolute atomic E-state index is 0.0585. The SMILES string of the molecule is O=C1C[C@H](NC(=O)[C@@H]2CCCN3C(=O)CCN(NS(=O)(=O)c4ccc5ccccc5c4)C(=O)N23)C(OCc2ccccc2)O1. The smallest absolute Gasteiger partial charge is 0.354 e. The number of carbonyl (C=O) groups excluding carboxylic acids is 4. The van der Waals surface area contributed by atoms with Gasteiger partial charge in [0, 0.05) is 19.5 Å². The van der Waals surface area contributed by atoms with Crippen LogP contribution in [-0.2, 0) is 40.5 Å². The molecular formula is C30H31N5O8S. The fourth-order valence-electron chi connectivity index (χ4n) is 5.57. The first-order valence-electron chi connectivity index (χ1n) is 14.3. The number of urea groups is 1. The molecule has 3 aromatic carbocycles. The topological polar surface area (TPSA) is 155 Å². The molecule has 14 heteroatoms. The van der Waals surface area contributed by atoms with Crippen LogP contribution in [0.5, 0.6) is 0 Å². The Morgan fingerprint density at radius 2 is 1.70 bits per heavy atom. The third-order valence-electron chi connectivity index (χ3n) is 7.78. The number of ether oxygens (including phenoxy) is 2. The van der Waals surface area contributed by atoms with E-state index in [1.807, 2.05) is 42.5 Å². The Kier molecular flexibility index (Phi) is 8.21. The van der Waals surface area contributed by atoms with Crippen molar-refractivity contribution in [3.63, 3.8) is 0 Å². The van der Waals surface area contributed by atoms with Gasteiger partial charge in [0.2, 0.25) is 18.1 Å². The minimum atomic E-state index is -4.23. The highest BCUT2D eigenvalue weighted by atomic mass is 32.2. The highest BCUT2D eigenvalue weighted by Gasteiger charge is 2.46. The molecule has 0 spiro atoms. The predicted molar refractivity (Wildman–Crippen MR) is 155 cm³/mol. The van der Waals surface area contributed by atoms with E-state index in [0.717, 1.165) is 21.0 Å². The molecular weight excluding hydrogens is 590 g/mol. The Morgan fingerprint density at radius 1 is 0.955 bits per heavy atom. The number of nitrogens with zero attached hydrogens (tertiary/aromatic N) is 3. The van der Waals surface area contributed by atoms with E-state index < -0.39 is 52.2 Å². The molecule has 4 amide bonds. The van der Waals surface area contributed by atoms with E-state index in [-0.39, 0.29) is 43.9 Å². The van der Waals surface area contributed by atoms with Gasteiger partial charge in [-0.05, 0) is 41.3 Å². The molecule has 230 valence electrons. The van der Waals surface area contributed by atoms with Gasteiger partial charge in [-0.3, -0.25) is 14.4 Å². The van der Waals surface area contributed by atoms with Crippen LogP contribution in [0.15, 0.2) is 77.7 Å². The summed E-state index contributed by atoms with van der Waals surface area (Å²) in [6.45, 7) is 0.105. The molecule has 3 aliphatic heterocycles. The number of carbonyl (C=O) groups is 4. The van der Waals surface area contributed by atoms with Gasteiger partial charge in [0.15, 0.2) is 0 Å². The van der Waals surface area contributed by atoms with Gasteiger partial charge >= 0.3 is 12.0 Å². The van der Waals surface area contributed by atoms with Crippen LogP contribution in [0.2, 0.25) is 0 Å². The maximum Gasteiger partial charge on any atom is 0.354 e. The normalized spacial score (nSPS) is 22.5. The molecule has 0 aromatic heterocycles. The number of hydrogen-bond donors (Lipinski definition) is 2. The summed E-state index contributed by atoms with van der Waals surface area (Å²) in [5.74, 6) is -1.59. The lowest BCUT2D eigenvalue weighted by molar-refractivity contribution is -0.169. The molecule has 0 aliphatic carbocycles. The summed E-state index contributed by atoms with van der Waals surface area (Å²) < 4.78 is 37.8. The third-order valence-corrected chi connectivity index (χ3v) is 9.11. The molecule has 3 aliphatic rings. The molecule has 6 rings (SSSR count). The van der Waals surface area contributed by atoms with Crippen molar-refractivity contribution in [2.24, 2.45) is 0 Å². The number of nitrogens with one attached hydrogen (secondary N) is 2. The highest BCUT2D eigenvalue weighted by molar-refractivity contribution is 7.89. The molecule has 3 saturated heterocycles. The second-order valence-corrected chi connectivity index (χ2v) is 12.4. The zero-order chi connectivity index (χ0) is 30.8. The molecule has 1 unspecified atom stereocenters. The number of esters is 1. The number of cyclic esters (lactones) is 1. The molecule has 3 heterocycles. The first-order chi connectivity index (χ1) is 21.2. The minimum Gasteiger partial charge on any atom is -0.433 e. The van der Waals surface area contributed by atoms with Crippen LogP contribution < -0.4 is 10.1 Å². The monoisotopic (exact) mass is 621 g/mol. The average molecular weight is 622 g/mol. The van der Waals surface area contributed by atoms with E-state index in [2.05, 4.69) is 10.1 Å². The van der Waals surface area contributed by atoms with Crippen molar-refractivity contribution in [3.8, 4) is 0 Å². The van der Waals surface area contributed by atoms with E-state index in [9.17, 15) is 27.6 Å². The van der Waals surface area contributed by atoms with Gasteiger partial charge < -0.3 is 14.8 Å². The molecule has 44 heavy (non-hydrogen) atoms. The Labute approximate surface area is 253 Å². The van der Waals surface area contributed by atoms with Gasteiger partial charge in [-0.1, -0.05) is 60.7 Å². The predicted octanol–water partition coefficient (Wildman–Crippen LogP) is 2.04. The average Bonchev–Trinajstić information content (AvgIpc) is 3.33. The van der Waals surface area contributed by atoms with Crippen LogP contribution in [0.25, 0.3) is 10.8 Å². The van der Waals surface area contributed by atoms with E-state index in [1.54, 1.807) is 18.2 Å². The zero-order valence-corrected chi connectivity index (χ0v) is 24.4. The number of benzene rings is 3. The van der Waals surface area contributed by atoms with E-state index >= 15 is 0 Å². The van der Waals surface area contributed by atoms with Crippen molar-refractivity contribution < 1.29 is 37.1 Å². The summed E-state index contributed by atoms with van der Waals surface area (Å²) in [4.78, 5) is 54.9. The maximum atomic E-state index is 13.8. The summed E-state index contributed by atoms with van der Waals surface area (Å²) in [6.07, 6.45) is -0.685. The number of rotatable bonds is 8. The summed E-state index contributed by atoms with van der Waals surface area (Å²) in [7, 11) is -4.23. The molecule has 0 saturated carbocycles. The quantitative estimate of drug-likeness (QED) is 0.362. The van der Waals surface area contributed by atoms with Gasteiger partial charge in [0.1, 0.15) is 12.1 Å². The fourth-order valence-corrected chi connectivity index (χ4v) is 6.66. The lowest BCUT2D eigenvalue weighted by Crippen LogP contribution is -2.65. The van der Waals surface area contributed by atoms with Crippen molar-refractivity contribution in [1.29, 1.82) is 0 Å². The maximum absolute atomic E-state index is 13.8. The second-order valence-electron chi connectivity index (χ2n) is 10.8. The van der Waals surface area contributed by atoms with Crippen LogP contribution in [0.3, 0.4) is 0 Å². The van der Waals surface area contributed by atoms with Crippen LogP contribution in [-0.4, -0.2) is 78.7 Å². The first-order valence-corrected chi connectivity index (χ1v) is 15.8. The molecule has 3 atom stereocenters. The van der Waals surface area contributed by atoms with Crippen LogP contribution in [0.1, 0.15) is 31.2 Å². The van der Waals surface area contributed by atoms with Gasteiger partial charge in [0.25, 0.3) is 10.0 Å². The molecule has 13 nitrogen and oxygen atoms in total. The van der Waals surface area contributed by atoms with Crippen LogP contribution in [0.4, 0.5) is 4.79 Å². The Balaban J connectivity index is 1.19. The number of fused-ring (bicyclic) bond motifs is 2. The standard InChI is InChI=1S/C30H31N5O8S/c36-26-14-16-33(32-44(40,41)23-13-12-21-9-4-5-10-22(21)17-23)30(39)35-25(11-6-15-34(26)35)28(38)31-24-18-27(37)43-29(24)42-19-20-7-2-1-3-8-20/h1-5,7-10,12-13,17,24-25,29,32H,6,11,14-16,18-19H2,(H,31,38)/t24-,25-,29?/m0/s1. The third kappa shape index (κ3) is 6.09. The van der Waals surface area contributed by atoms with E-state index in [4.69, 9.17) is 9.47 Å². The van der Waals surface area contributed by atoms with Crippen molar-refractivity contribution >= 4 is 44.6 Å². The lowest BCUT2D eigenvalue weighted by Gasteiger charge is -2.43. The van der Waals surface area contributed by atoms with Gasteiger partial charge in [0.05, 0.1) is 17.9 Å². The summed E-state index contributed by atoms with van der Waals surface area (Å²) in [6, 6.07) is 18.3. The van der Waals surface area contributed by atoms with E-state index in [1.165, 1.54) is 17.1 Å². The van der Waals surface area contributed by atoms with Crippen LogP contribution in [0, 0.1) is 0 Å². The molecule has 0 radical (unpaired) electrons. The van der Waals surface area contributed by atoms with Gasteiger partial charge in [-0.15, -0.1) is 4.83 Å². The zero-order valence-electron chi connectivity index (χ0n) is 23.6. The first kappa shape index (κ1) is 29.5. The van der Waals surface area contributed by atoms with Crippen molar-refractivity contribution in [1.82, 2.24) is 25.2 Å². The Morgan fingerprint density at radius 3 is 2.50 bits per heavy atom. The summed E-state index contributed by atoms with van der Waals surface area (Å²) >= 11 is 0. The number of amides is 4. The second kappa shape index (κ2) is 12.2. The van der Waals surface area contributed by atoms with Crippen molar-refractivity contribution in [2.75, 3.05) is 13.1 Å². The fraction of sp³-hybridized carbons (Fsp3) is 0.333. The van der Waals surface area contributed by atoms with Gasteiger partial charge in [-0.2, -0.15) is 0 Å². The van der Waals surface area contributed by atoms with Crippen molar-refractivity contribution in [2.45, 2.75) is 55.6 Å².